The van der Waals surface area contributed by atoms with E-state index in [-0.39, 0.29) is 10.6 Å². The maximum atomic E-state index is 12.8. The predicted octanol–water partition coefficient (Wildman–Crippen LogP) is 3.05. The maximum absolute atomic E-state index is 12.8. The molecule has 0 fully saturated rings. The molecule has 30 heavy (non-hydrogen) atoms. The molecule has 2 atom stereocenters. The van der Waals surface area contributed by atoms with Crippen molar-refractivity contribution in [2.75, 3.05) is 18.2 Å². The highest BCUT2D eigenvalue weighted by Gasteiger charge is 2.25. The number of ether oxygens (including phenoxy) is 1. The fraction of sp³-hybridized carbons (Fsp3) is 0.333. The minimum absolute atomic E-state index is 0.149. The van der Waals surface area contributed by atoms with Crippen molar-refractivity contribution in [3.8, 4) is 5.75 Å². The zero-order valence-corrected chi connectivity index (χ0v) is 18.8. The summed E-state index contributed by atoms with van der Waals surface area (Å²) in [6.07, 6.45) is 0.617. The van der Waals surface area contributed by atoms with Crippen LogP contribution in [0, 0.1) is 6.92 Å². The topological polar surface area (TPSA) is 107 Å². The normalized spacial score (nSPS) is 13.6. The fourth-order valence-corrected chi connectivity index (χ4v) is 5.12. The summed E-state index contributed by atoms with van der Waals surface area (Å²) in [5.74, 6) is 1.14. The molecule has 0 bridgehead atoms. The molecule has 0 spiro atoms. The molecule has 0 amide bonds. The second kappa shape index (κ2) is 9.55. The summed E-state index contributed by atoms with van der Waals surface area (Å²) < 4.78 is 35.2. The molecule has 3 aromatic rings. The van der Waals surface area contributed by atoms with E-state index in [0.29, 0.717) is 23.1 Å². The van der Waals surface area contributed by atoms with Crippen LogP contribution in [0.3, 0.4) is 0 Å². The lowest BCUT2D eigenvalue weighted by Crippen LogP contribution is -2.43. The highest BCUT2D eigenvalue weighted by atomic mass is 32.2. The second-order valence-electron chi connectivity index (χ2n) is 7.25. The molecule has 7 nitrogen and oxygen atoms in total. The third-order valence-corrected chi connectivity index (χ3v) is 7.18. The summed E-state index contributed by atoms with van der Waals surface area (Å²) in [4.78, 5) is 4.73. The van der Waals surface area contributed by atoms with Gasteiger partial charge in [0.15, 0.2) is 9.84 Å². The van der Waals surface area contributed by atoms with E-state index in [1.807, 2.05) is 6.92 Å². The van der Waals surface area contributed by atoms with E-state index in [9.17, 15) is 8.42 Å². The van der Waals surface area contributed by atoms with Crippen molar-refractivity contribution in [3.63, 3.8) is 0 Å². The first-order valence-electron chi connectivity index (χ1n) is 9.54. The standard InChI is InChI=1S/C21H26N4O3S2/c1-14-4-6-16(7-5-14)12-20-24-21(29-25-20)23-19(15(2)22)13-30(26,27)18-10-8-17(28-3)9-11-18/h4-11,15,19H,12-13,22H2,1-3H3,(H,23,24,25). The van der Waals surface area contributed by atoms with Crippen LogP contribution in [0.5, 0.6) is 5.75 Å². The third kappa shape index (κ3) is 5.78. The van der Waals surface area contributed by atoms with E-state index < -0.39 is 21.9 Å². The van der Waals surface area contributed by atoms with E-state index in [2.05, 4.69) is 38.9 Å². The van der Waals surface area contributed by atoms with E-state index in [0.717, 1.165) is 5.56 Å². The molecule has 2 aromatic carbocycles. The van der Waals surface area contributed by atoms with Gasteiger partial charge < -0.3 is 15.8 Å². The van der Waals surface area contributed by atoms with Gasteiger partial charge in [-0.15, -0.1) is 0 Å². The first kappa shape index (κ1) is 22.2. The summed E-state index contributed by atoms with van der Waals surface area (Å²) in [6, 6.07) is 13.6. The molecule has 3 rings (SSSR count). The van der Waals surface area contributed by atoms with Gasteiger partial charge in [-0.25, -0.2) is 13.4 Å². The summed E-state index contributed by atoms with van der Waals surface area (Å²) >= 11 is 1.21. The van der Waals surface area contributed by atoms with Crippen LogP contribution in [0.2, 0.25) is 0 Å². The first-order valence-corrected chi connectivity index (χ1v) is 12.0. The zero-order chi connectivity index (χ0) is 21.7. The third-order valence-electron chi connectivity index (χ3n) is 4.71. The van der Waals surface area contributed by atoms with Crippen molar-refractivity contribution in [1.29, 1.82) is 0 Å². The van der Waals surface area contributed by atoms with Crippen LogP contribution >= 0.6 is 11.5 Å². The Morgan fingerprint density at radius 1 is 1.13 bits per heavy atom. The lowest BCUT2D eigenvalue weighted by molar-refractivity contribution is 0.414. The number of hydrogen-bond acceptors (Lipinski definition) is 8. The first-order chi connectivity index (χ1) is 14.3. The van der Waals surface area contributed by atoms with Gasteiger partial charge in [0.25, 0.3) is 0 Å². The van der Waals surface area contributed by atoms with Crippen LogP contribution < -0.4 is 15.8 Å². The number of aryl methyl sites for hydroxylation is 1. The van der Waals surface area contributed by atoms with Crippen LogP contribution in [0.1, 0.15) is 23.9 Å². The summed E-state index contributed by atoms with van der Waals surface area (Å²) in [7, 11) is -2.00. The van der Waals surface area contributed by atoms with Crippen LogP contribution in [0.15, 0.2) is 53.4 Å². The Morgan fingerprint density at radius 2 is 1.80 bits per heavy atom. The fourth-order valence-electron chi connectivity index (χ4n) is 2.87. The number of methoxy groups -OCH3 is 1. The largest absolute Gasteiger partial charge is 0.497 e. The molecular formula is C21H26N4O3S2. The molecule has 9 heteroatoms. The number of rotatable bonds is 9. The SMILES string of the molecule is COc1ccc(S(=O)(=O)CC(Nc2nc(Cc3ccc(C)cc3)ns2)C(C)N)cc1. The Labute approximate surface area is 181 Å². The van der Waals surface area contributed by atoms with Crippen molar-refractivity contribution in [2.24, 2.45) is 5.73 Å². The van der Waals surface area contributed by atoms with E-state index in [4.69, 9.17) is 10.5 Å². The monoisotopic (exact) mass is 446 g/mol. The van der Waals surface area contributed by atoms with Gasteiger partial charge in [-0.3, -0.25) is 0 Å². The van der Waals surface area contributed by atoms with E-state index in [1.54, 1.807) is 19.1 Å². The average Bonchev–Trinajstić information content (AvgIpc) is 3.16. The number of hydrogen-bond donors (Lipinski definition) is 2. The van der Waals surface area contributed by atoms with Crippen molar-refractivity contribution < 1.29 is 13.2 Å². The Bertz CT molecular complexity index is 1060. The number of aromatic nitrogens is 2. The minimum atomic E-state index is -3.54. The highest BCUT2D eigenvalue weighted by Crippen LogP contribution is 2.20. The van der Waals surface area contributed by atoms with Gasteiger partial charge in [0.1, 0.15) is 11.6 Å². The van der Waals surface area contributed by atoms with Gasteiger partial charge in [0.2, 0.25) is 5.13 Å². The Hall–Kier alpha value is -2.49. The lowest BCUT2D eigenvalue weighted by Gasteiger charge is -2.21. The second-order valence-corrected chi connectivity index (χ2v) is 10.0. The number of anilines is 1. The molecular weight excluding hydrogens is 420 g/mol. The lowest BCUT2D eigenvalue weighted by atomic mass is 10.1. The van der Waals surface area contributed by atoms with Crippen molar-refractivity contribution >= 4 is 26.5 Å². The predicted molar refractivity (Wildman–Crippen MR) is 120 cm³/mol. The molecule has 0 aliphatic rings. The molecule has 1 aromatic heterocycles. The zero-order valence-electron chi connectivity index (χ0n) is 17.2. The summed E-state index contributed by atoms with van der Waals surface area (Å²) in [5, 5.41) is 3.72. The van der Waals surface area contributed by atoms with Gasteiger partial charge in [-0.05, 0) is 43.7 Å². The Morgan fingerprint density at radius 3 is 2.40 bits per heavy atom. The molecule has 0 aliphatic carbocycles. The van der Waals surface area contributed by atoms with Crippen molar-refractivity contribution in [1.82, 2.24) is 9.36 Å². The molecule has 0 saturated carbocycles. The molecule has 0 aliphatic heterocycles. The number of nitrogens with two attached hydrogens (primary N) is 1. The van der Waals surface area contributed by atoms with E-state index in [1.165, 1.54) is 36.3 Å². The van der Waals surface area contributed by atoms with Crippen LogP contribution in [-0.2, 0) is 16.3 Å². The van der Waals surface area contributed by atoms with Gasteiger partial charge in [-0.2, -0.15) is 4.37 Å². The molecule has 0 saturated heterocycles. The maximum Gasteiger partial charge on any atom is 0.202 e. The van der Waals surface area contributed by atoms with Crippen LogP contribution in [-0.4, -0.2) is 42.7 Å². The number of nitrogens with zero attached hydrogens (tertiary/aromatic N) is 2. The van der Waals surface area contributed by atoms with Gasteiger partial charge in [-0.1, -0.05) is 29.8 Å². The molecule has 3 N–H and O–H groups in total. The van der Waals surface area contributed by atoms with Gasteiger partial charge in [0.05, 0.1) is 23.8 Å². The molecule has 0 radical (unpaired) electrons. The number of nitrogens with one attached hydrogen (secondary N) is 1. The molecule has 1 heterocycles. The Balaban J connectivity index is 1.69. The number of sulfone groups is 1. The van der Waals surface area contributed by atoms with Crippen LogP contribution in [0.4, 0.5) is 5.13 Å². The molecule has 2 unspecified atom stereocenters. The van der Waals surface area contributed by atoms with Crippen molar-refractivity contribution in [3.05, 3.63) is 65.5 Å². The summed E-state index contributed by atoms with van der Waals surface area (Å²) in [5.41, 5.74) is 8.39. The van der Waals surface area contributed by atoms with Crippen LogP contribution in [0.25, 0.3) is 0 Å². The summed E-state index contributed by atoms with van der Waals surface area (Å²) in [6.45, 7) is 3.82. The molecule has 160 valence electrons. The average molecular weight is 447 g/mol. The smallest absolute Gasteiger partial charge is 0.202 e. The van der Waals surface area contributed by atoms with Gasteiger partial charge >= 0.3 is 0 Å². The Kier molecular flexibility index (Phi) is 7.06. The van der Waals surface area contributed by atoms with E-state index >= 15 is 0 Å². The quantitative estimate of drug-likeness (QED) is 0.520. The van der Waals surface area contributed by atoms with Gasteiger partial charge in [0, 0.05) is 24.0 Å². The number of benzene rings is 2. The minimum Gasteiger partial charge on any atom is -0.497 e. The highest BCUT2D eigenvalue weighted by molar-refractivity contribution is 7.91. The van der Waals surface area contributed by atoms with Crippen molar-refractivity contribution in [2.45, 2.75) is 37.2 Å².